The molecule has 0 spiro atoms. The molecule has 0 aliphatic rings. The molecule has 10 aromatic rings. The number of para-hydroxylation sites is 1. The minimum absolute atomic E-state index is 0.695. The maximum Gasteiger partial charge on any atom is 0.160 e. The summed E-state index contributed by atoms with van der Waals surface area (Å²) in [5, 5.41) is 3.50. The number of nitrogens with zero attached hydrogens (tertiary/aromatic N) is 3. The first kappa shape index (κ1) is 33.1. The van der Waals surface area contributed by atoms with Gasteiger partial charge in [0.05, 0.1) is 22.6 Å². The lowest BCUT2D eigenvalue weighted by Crippen LogP contribution is -1.96. The SMILES string of the molecule is c1ccc(-c2ccc(-c3nc(-c4ccccc4)cc(-c4cccc(-c5cccc(-c6cccc7c(-c8ccccc8)nc8ccccc8c67)c5)c4)n3)cc2)cc1. The molecule has 10 rings (SSSR count). The fourth-order valence-electron chi connectivity index (χ4n) is 7.71. The summed E-state index contributed by atoms with van der Waals surface area (Å²) in [6, 6.07) is 74.5. The van der Waals surface area contributed by atoms with Crippen LogP contribution >= 0.6 is 0 Å². The lowest BCUT2D eigenvalue weighted by Gasteiger charge is -2.15. The van der Waals surface area contributed by atoms with Crippen LogP contribution in [0, 0.1) is 0 Å². The third-order valence-corrected chi connectivity index (χ3v) is 10.5. The van der Waals surface area contributed by atoms with Gasteiger partial charge >= 0.3 is 0 Å². The van der Waals surface area contributed by atoms with Gasteiger partial charge in [0.2, 0.25) is 0 Å². The highest BCUT2D eigenvalue weighted by Crippen LogP contribution is 2.40. The van der Waals surface area contributed by atoms with E-state index in [2.05, 4.69) is 200 Å². The van der Waals surface area contributed by atoms with Crippen LogP contribution < -0.4 is 0 Å². The normalized spacial score (nSPS) is 11.2. The topological polar surface area (TPSA) is 38.7 Å². The molecule has 0 saturated heterocycles. The van der Waals surface area contributed by atoms with Crippen LogP contribution in [-0.4, -0.2) is 15.0 Å². The largest absolute Gasteiger partial charge is 0.247 e. The summed E-state index contributed by atoms with van der Waals surface area (Å²) in [7, 11) is 0. The fourth-order valence-corrected chi connectivity index (χ4v) is 7.71. The van der Waals surface area contributed by atoms with Crippen molar-refractivity contribution >= 4 is 21.7 Å². The van der Waals surface area contributed by atoms with Crippen molar-refractivity contribution in [2.45, 2.75) is 0 Å². The molecule has 8 aromatic carbocycles. The second-order valence-electron chi connectivity index (χ2n) is 14.0. The molecule has 0 aliphatic carbocycles. The van der Waals surface area contributed by atoms with E-state index in [0.29, 0.717) is 5.82 Å². The Hall–Kier alpha value is -7.49. The number of fused-ring (bicyclic) bond motifs is 3. The van der Waals surface area contributed by atoms with Crippen molar-refractivity contribution in [2.75, 3.05) is 0 Å². The minimum Gasteiger partial charge on any atom is -0.247 e. The molecule has 0 unspecified atom stereocenters. The van der Waals surface area contributed by atoms with Crippen LogP contribution in [0.4, 0.5) is 0 Å². The van der Waals surface area contributed by atoms with Gasteiger partial charge in [-0.2, -0.15) is 0 Å². The predicted molar refractivity (Wildman–Crippen MR) is 233 cm³/mol. The molecule has 0 N–H and O–H groups in total. The van der Waals surface area contributed by atoms with Gasteiger partial charge < -0.3 is 0 Å². The Bertz CT molecular complexity index is 2990. The Morgan fingerprint density at radius 1 is 0.268 bits per heavy atom. The summed E-state index contributed by atoms with van der Waals surface area (Å²) < 4.78 is 0. The lowest BCUT2D eigenvalue weighted by atomic mass is 9.91. The highest BCUT2D eigenvalue weighted by atomic mass is 14.9. The zero-order valence-electron chi connectivity index (χ0n) is 30.5. The molecule has 56 heavy (non-hydrogen) atoms. The standard InChI is InChI=1S/C53H35N3/c1-4-15-36(16-5-1)37-29-31-40(32-30-37)53-55-49(38-17-6-2-7-18-38)35-50(56-53)44-24-13-22-42(34-44)41-21-12-23-43(33-41)45-26-14-27-47-51(45)46-25-10-11-28-48(46)54-52(47)39-19-8-3-9-20-39/h1-35H. The average Bonchev–Trinajstić information content (AvgIpc) is 3.29. The summed E-state index contributed by atoms with van der Waals surface area (Å²) >= 11 is 0. The second-order valence-corrected chi connectivity index (χ2v) is 14.0. The van der Waals surface area contributed by atoms with Gasteiger partial charge in [0, 0.05) is 38.4 Å². The first-order valence-corrected chi connectivity index (χ1v) is 18.9. The van der Waals surface area contributed by atoms with Crippen LogP contribution in [0.1, 0.15) is 0 Å². The quantitative estimate of drug-likeness (QED) is 0.154. The van der Waals surface area contributed by atoms with Crippen molar-refractivity contribution in [3.05, 3.63) is 212 Å². The Balaban J connectivity index is 1.07. The first-order chi connectivity index (χ1) is 27.7. The third-order valence-electron chi connectivity index (χ3n) is 10.5. The second kappa shape index (κ2) is 14.4. The van der Waals surface area contributed by atoms with Crippen molar-refractivity contribution in [3.8, 4) is 78.5 Å². The molecule has 0 atom stereocenters. The zero-order valence-corrected chi connectivity index (χ0v) is 30.5. The highest BCUT2D eigenvalue weighted by Gasteiger charge is 2.16. The van der Waals surface area contributed by atoms with Crippen molar-refractivity contribution in [1.29, 1.82) is 0 Å². The molecule has 0 amide bonds. The summed E-state index contributed by atoms with van der Waals surface area (Å²) in [4.78, 5) is 15.4. The fraction of sp³-hybridized carbons (Fsp3) is 0. The Labute approximate surface area is 326 Å². The zero-order chi connectivity index (χ0) is 37.3. The first-order valence-electron chi connectivity index (χ1n) is 18.9. The number of rotatable bonds is 7. The van der Waals surface area contributed by atoms with Crippen LogP contribution in [0.5, 0.6) is 0 Å². The van der Waals surface area contributed by atoms with Crippen LogP contribution in [0.3, 0.4) is 0 Å². The highest BCUT2D eigenvalue weighted by molar-refractivity contribution is 6.17. The Morgan fingerprint density at radius 3 is 1.46 bits per heavy atom. The smallest absolute Gasteiger partial charge is 0.160 e. The van der Waals surface area contributed by atoms with Gasteiger partial charge in [-0.1, -0.05) is 188 Å². The van der Waals surface area contributed by atoms with Crippen molar-refractivity contribution in [1.82, 2.24) is 15.0 Å². The molecule has 0 saturated carbocycles. The summed E-state index contributed by atoms with van der Waals surface area (Å²) in [6.07, 6.45) is 0. The summed E-state index contributed by atoms with van der Waals surface area (Å²) in [6.45, 7) is 0. The Kier molecular flexibility index (Phi) is 8.51. The van der Waals surface area contributed by atoms with E-state index in [1.165, 1.54) is 16.5 Å². The van der Waals surface area contributed by atoms with Crippen molar-refractivity contribution < 1.29 is 0 Å². The van der Waals surface area contributed by atoms with E-state index >= 15 is 0 Å². The molecule has 262 valence electrons. The van der Waals surface area contributed by atoms with E-state index < -0.39 is 0 Å². The molecule has 2 heterocycles. The number of pyridine rings is 1. The average molecular weight is 714 g/mol. The van der Waals surface area contributed by atoms with E-state index in [9.17, 15) is 0 Å². The molecule has 0 bridgehead atoms. The molecule has 3 nitrogen and oxygen atoms in total. The van der Waals surface area contributed by atoms with Gasteiger partial charge in [-0.25, -0.2) is 15.0 Å². The van der Waals surface area contributed by atoms with Crippen LogP contribution in [0.15, 0.2) is 212 Å². The summed E-state index contributed by atoms with van der Waals surface area (Å²) in [5.41, 5.74) is 14.9. The van der Waals surface area contributed by atoms with Gasteiger partial charge in [-0.3, -0.25) is 0 Å². The molecule has 0 aliphatic heterocycles. The van der Waals surface area contributed by atoms with Gasteiger partial charge in [0.25, 0.3) is 0 Å². The van der Waals surface area contributed by atoms with E-state index in [-0.39, 0.29) is 0 Å². The van der Waals surface area contributed by atoms with E-state index in [4.69, 9.17) is 15.0 Å². The lowest BCUT2D eigenvalue weighted by molar-refractivity contribution is 1.18. The van der Waals surface area contributed by atoms with Crippen LogP contribution in [0.2, 0.25) is 0 Å². The maximum atomic E-state index is 5.18. The number of benzene rings is 8. The maximum absolute atomic E-state index is 5.18. The Morgan fingerprint density at radius 2 is 0.750 bits per heavy atom. The van der Waals surface area contributed by atoms with Crippen molar-refractivity contribution in [3.63, 3.8) is 0 Å². The van der Waals surface area contributed by atoms with Gasteiger partial charge in [0.15, 0.2) is 5.82 Å². The monoisotopic (exact) mass is 713 g/mol. The van der Waals surface area contributed by atoms with Crippen LogP contribution in [-0.2, 0) is 0 Å². The molecule has 0 fully saturated rings. The minimum atomic E-state index is 0.695. The van der Waals surface area contributed by atoms with E-state index in [1.807, 2.05) is 12.1 Å². The van der Waals surface area contributed by atoms with Gasteiger partial charge in [0.1, 0.15) is 0 Å². The van der Waals surface area contributed by atoms with Crippen molar-refractivity contribution in [2.24, 2.45) is 0 Å². The molecule has 3 heteroatoms. The molecule has 2 aromatic heterocycles. The van der Waals surface area contributed by atoms with Crippen LogP contribution in [0.25, 0.3) is 100 Å². The molecule has 0 radical (unpaired) electrons. The molecular weight excluding hydrogens is 679 g/mol. The van der Waals surface area contributed by atoms with Gasteiger partial charge in [-0.05, 0) is 57.6 Å². The third kappa shape index (κ3) is 6.31. The number of hydrogen-bond donors (Lipinski definition) is 0. The number of hydrogen-bond acceptors (Lipinski definition) is 3. The molecular formula is C53H35N3. The number of aromatic nitrogens is 3. The predicted octanol–water partition coefficient (Wildman–Crippen LogP) is 13.8. The van der Waals surface area contributed by atoms with Gasteiger partial charge in [-0.15, -0.1) is 0 Å². The summed E-state index contributed by atoms with van der Waals surface area (Å²) in [5.74, 6) is 0.695. The van der Waals surface area contributed by atoms with E-state index in [0.717, 1.165) is 77.9 Å². The van der Waals surface area contributed by atoms with E-state index in [1.54, 1.807) is 0 Å².